The number of amides is 2. The number of rotatable bonds is 5. The van der Waals surface area contributed by atoms with Gasteiger partial charge < -0.3 is 14.9 Å². The van der Waals surface area contributed by atoms with E-state index < -0.39 is 17.6 Å². The van der Waals surface area contributed by atoms with Crippen molar-refractivity contribution >= 4 is 23.4 Å². The Morgan fingerprint density at radius 3 is 2.45 bits per heavy atom. The zero-order valence-corrected chi connectivity index (χ0v) is 20.0. The second-order valence-electron chi connectivity index (χ2n) is 9.53. The molecule has 0 radical (unpaired) electrons. The molecular formula is C26H32ClN3O3. The van der Waals surface area contributed by atoms with Crippen molar-refractivity contribution in [2.75, 3.05) is 33.7 Å². The molecule has 2 heterocycles. The summed E-state index contributed by atoms with van der Waals surface area (Å²) in [5, 5.41) is 12.0. The first-order valence-electron chi connectivity index (χ1n) is 11.5. The molecule has 0 saturated carbocycles. The third-order valence-corrected chi connectivity index (χ3v) is 7.30. The number of likely N-dealkylation sites (tertiary alicyclic amines) is 2. The smallest absolute Gasteiger partial charge is 0.236 e. The van der Waals surface area contributed by atoms with Crippen molar-refractivity contribution in [1.82, 2.24) is 14.7 Å². The topological polar surface area (TPSA) is 64.1 Å². The predicted octanol–water partition coefficient (Wildman–Crippen LogP) is 3.34. The van der Waals surface area contributed by atoms with E-state index in [0.717, 1.165) is 11.1 Å². The fourth-order valence-electron chi connectivity index (χ4n) is 5.18. The van der Waals surface area contributed by atoms with Gasteiger partial charge in [0, 0.05) is 25.7 Å². The monoisotopic (exact) mass is 469 g/mol. The zero-order chi connectivity index (χ0) is 23.6. The summed E-state index contributed by atoms with van der Waals surface area (Å²) in [7, 11) is 3.51. The molecule has 2 amide bonds. The van der Waals surface area contributed by atoms with E-state index >= 15 is 0 Å². The molecule has 2 aliphatic heterocycles. The van der Waals surface area contributed by atoms with Crippen LogP contribution in [0, 0.1) is 5.41 Å². The number of likely N-dealkylation sites (N-methyl/N-ethyl adjacent to an activating group) is 1. The van der Waals surface area contributed by atoms with Crippen LogP contribution in [0.1, 0.15) is 36.4 Å². The van der Waals surface area contributed by atoms with Crippen LogP contribution >= 0.6 is 11.6 Å². The van der Waals surface area contributed by atoms with Crippen molar-refractivity contribution in [3.8, 4) is 0 Å². The Bertz CT molecular complexity index is 989. The van der Waals surface area contributed by atoms with Gasteiger partial charge in [0.15, 0.2) is 0 Å². The quantitative estimate of drug-likeness (QED) is 0.729. The SMILES string of the molecule is CN(C)C(=O)CN1CCC2(CC1)C[C@@H](O)[C@H](c1ccccc1)N(Cc1cccc(Cl)c1)C2=O. The minimum atomic E-state index is -0.667. The van der Waals surface area contributed by atoms with E-state index in [-0.39, 0.29) is 11.8 Å². The standard InChI is InChI=1S/C26H32ClN3O3/c1-28(2)23(32)18-29-13-11-26(12-14-29)16-22(31)24(20-8-4-3-5-9-20)30(25(26)33)17-19-7-6-10-21(27)15-19/h3-10,15,22,24,31H,11-14,16-18H2,1-2H3/t22-,24+/m1/s1. The van der Waals surface area contributed by atoms with Crippen LogP contribution < -0.4 is 0 Å². The average molecular weight is 470 g/mol. The highest BCUT2D eigenvalue weighted by atomic mass is 35.5. The van der Waals surface area contributed by atoms with Crippen molar-refractivity contribution in [3.63, 3.8) is 0 Å². The molecule has 0 aromatic heterocycles. The van der Waals surface area contributed by atoms with Gasteiger partial charge in [0.25, 0.3) is 0 Å². The van der Waals surface area contributed by atoms with Gasteiger partial charge in [-0.05, 0) is 55.6 Å². The number of carbonyl (C=O) groups is 2. The lowest BCUT2D eigenvalue weighted by Gasteiger charge is -2.51. The molecule has 2 saturated heterocycles. The summed E-state index contributed by atoms with van der Waals surface area (Å²) in [5.74, 6) is 0.146. The Kier molecular flexibility index (Phi) is 7.07. The third-order valence-electron chi connectivity index (χ3n) is 7.07. The number of aliphatic hydroxyl groups is 1. The van der Waals surface area contributed by atoms with E-state index in [4.69, 9.17) is 11.6 Å². The number of hydrogen-bond donors (Lipinski definition) is 1. The van der Waals surface area contributed by atoms with Crippen LogP contribution in [0.2, 0.25) is 5.02 Å². The molecule has 2 aliphatic rings. The molecule has 0 bridgehead atoms. The highest BCUT2D eigenvalue weighted by molar-refractivity contribution is 6.30. The Morgan fingerprint density at radius 1 is 1.12 bits per heavy atom. The first-order chi connectivity index (χ1) is 15.8. The van der Waals surface area contributed by atoms with Crippen molar-refractivity contribution in [2.24, 2.45) is 5.41 Å². The van der Waals surface area contributed by atoms with Gasteiger partial charge in [-0.15, -0.1) is 0 Å². The molecule has 0 unspecified atom stereocenters. The molecule has 4 rings (SSSR count). The minimum absolute atomic E-state index is 0.0627. The van der Waals surface area contributed by atoms with E-state index in [1.807, 2.05) is 59.5 Å². The summed E-state index contributed by atoms with van der Waals surface area (Å²) < 4.78 is 0. The van der Waals surface area contributed by atoms with E-state index in [1.54, 1.807) is 19.0 Å². The summed E-state index contributed by atoms with van der Waals surface area (Å²) in [5.41, 5.74) is 1.26. The van der Waals surface area contributed by atoms with Gasteiger partial charge in [-0.1, -0.05) is 54.1 Å². The van der Waals surface area contributed by atoms with Crippen molar-refractivity contribution in [2.45, 2.75) is 38.0 Å². The lowest BCUT2D eigenvalue weighted by Crippen LogP contribution is -2.58. The van der Waals surface area contributed by atoms with E-state index in [9.17, 15) is 14.7 Å². The van der Waals surface area contributed by atoms with Gasteiger partial charge in [-0.3, -0.25) is 14.5 Å². The fraction of sp³-hybridized carbons (Fsp3) is 0.462. The summed E-state index contributed by atoms with van der Waals surface area (Å²) in [6.45, 7) is 2.08. The number of nitrogens with zero attached hydrogens (tertiary/aromatic N) is 3. The Hall–Kier alpha value is -2.41. The number of benzene rings is 2. The number of aliphatic hydroxyl groups excluding tert-OH is 1. The summed E-state index contributed by atoms with van der Waals surface area (Å²) in [4.78, 5) is 31.7. The van der Waals surface area contributed by atoms with Gasteiger partial charge in [0.05, 0.1) is 24.1 Å². The van der Waals surface area contributed by atoms with Crippen LogP contribution in [0.5, 0.6) is 0 Å². The summed E-state index contributed by atoms with van der Waals surface area (Å²) in [6.07, 6.45) is 1.04. The molecule has 6 nitrogen and oxygen atoms in total. The summed E-state index contributed by atoms with van der Waals surface area (Å²) >= 11 is 6.21. The summed E-state index contributed by atoms with van der Waals surface area (Å²) in [6, 6.07) is 16.9. The maximum absolute atomic E-state index is 14.0. The third kappa shape index (κ3) is 5.08. The molecule has 2 atom stereocenters. The molecular weight excluding hydrogens is 438 g/mol. The molecule has 7 heteroatoms. The van der Waals surface area contributed by atoms with Crippen LogP contribution in [-0.4, -0.2) is 71.5 Å². The van der Waals surface area contributed by atoms with Gasteiger partial charge in [0.2, 0.25) is 11.8 Å². The number of hydrogen-bond acceptors (Lipinski definition) is 4. The van der Waals surface area contributed by atoms with Crippen LogP contribution in [0.25, 0.3) is 0 Å². The second kappa shape index (κ2) is 9.84. The molecule has 2 fully saturated rings. The van der Waals surface area contributed by atoms with Crippen molar-refractivity contribution in [3.05, 3.63) is 70.7 Å². The van der Waals surface area contributed by atoms with Gasteiger partial charge in [-0.2, -0.15) is 0 Å². The minimum Gasteiger partial charge on any atom is -0.391 e. The normalized spacial score (nSPS) is 23.0. The molecule has 1 N–H and O–H groups in total. The van der Waals surface area contributed by atoms with Crippen molar-refractivity contribution in [1.29, 1.82) is 0 Å². The van der Waals surface area contributed by atoms with Crippen LogP contribution in [-0.2, 0) is 16.1 Å². The van der Waals surface area contributed by atoms with E-state index in [0.29, 0.717) is 50.5 Å². The maximum atomic E-state index is 14.0. The largest absolute Gasteiger partial charge is 0.391 e. The first kappa shape index (κ1) is 23.7. The fourth-order valence-corrected chi connectivity index (χ4v) is 5.40. The highest BCUT2D eigenvalue weighted by Crippen LogP contribution is 2.47. The average Bonchev–Trinajstić information content (AvgIpc) is 2.79. The van der Waals surface area contributed by atoms with Gasteiger partial charge in [0.1, 0.15) is 0 Å². The Balaban J connectivity index is 1.59. The van der Waals surface area contributed by atoms with Crippen LogP contribution in [0.4, 0.5) is 0 Å². The Morgan fingerprint density at radius 2 is 1.82 bits per heavy atom. The maximum Gasteiger partial charge on any atom is 0.236 e. The van der Waals surface area contributed by atoms with E-state index in [1.165, 1.54) is 0 Å². The molecule has 1 spiro atoms. The Labute approximate surface area is 200 Å². The van der Waals surface area contributed by atoms with Gasteiger partial charge in [-0.25, -0.2) is 0 Å². The second-order valence-corrected chi connectivity index (χ2v) is 9.97. The van der Waals surface area contributed by atoms with Crippen LogP contribution in [0.3, 0.4) is 0 Å². The van der Waals surface area contributed by atoms with Crippen LogP contribution in [0.15, 0.2) is 54.6 Å². The number of carbonyl (C=O) groups excluding carboxylic acids is 2. The van der Waals surface area contributed by atoms with Crippen molar-refractivity contribution < 1.29 is 14.7 Å². The molecule has 176 valence electrons. The van der Waals surface area contributed by atoms with Gasteiger partial charge >= 0.3 is 0 Å². The number of piperidine rings is 2. The molecule has 2 aromatic carbocycles. The first-order valence-corrected chi connectivity index (χ1v) is 11.9. The highest BCUT2D eigenvalue weighted by Gasteiger charge is 2.52. The lowest BCUT2D eigenvalue weighted by molar-refractivity contribution is -0.165. The molecule has 33 heavy (non-hydrogen) atoms. The van der Waals surface area contributed by atoms with E-state index in [2.05, 4.69) is 4.90 Å². The lowest BCUT2D eigenvalue weighted by atomic mass is 9.68. The zero-order valence-electron chi connectivity index (χ0n) is 19.3. The molecule has 0 aliphatic carbocycles. The number of halogens is 1. The predicted molar refractivity (Wildman–Crippen MR) is 129 cm³/mol. The molecule has 2 aromatic rings.